The molecule has 0 saturated carbocycles. The van der Waals surface area contributed by atoms with Gasteiger partial charge in [0.2, 0.25) is 0 Å². The topological polar surface area (TPSA) is 37.3 Å². The molecular formula is C13H7Cl3O2S. The number of carboxylic acids is 1. The minimum absolute atomic E-state index is 0.0836. The van der Waals surface area contributed by atoms with Gasteiger partial charge in [0, 0.05) is 9.79 Å². The second kappa shape index (κ2) is 6.06. The first kappa shape index (κ1) is 14.5. The van der Waals surface area contributed by atoms with Crippen LogP contribution in [0.3, 0.4) is 0 Å². The Kier molecular flexibility index (Phi) is 4.63. The molecule has 0 aromatic heterocycles. The zero-order valence-corrected chi connectivity index (χ0v) is 12.4. The van der Waals surface area contributed by atoms with Crippen molar-refractivity contribution < 1.29 is 9.90 Å². The van der Waals surface area contributed by atoms with E-state index >= 15 is 0 Å². The van der Waals surface area contributed by atoms with E-state index in [4.69, 9.17) is 34.8 Å². The van der Waals surface area contributed by atoms with Crippen LogP contribution in [0.15, 0.2) is 46.2 Å². The summed E-state index contributed by atoms with van der Waals surface area (Å²) in [5, 5.41) is 10.3. The van der Waals surface area contributed by atoms with Crippen molar-refractivity contribution >= 4 is 52.5 Å². The van der Waals surface area contributed by atoms with Gasteiger partial charge in [0.05, 0.1) is 20.6 Å². The van der Waals surface area contributed by atoms with E-state index in [2.05, 4.69) is 0 Å². The molecule has 0 unspecified atom stereocenters. The van der Waals surface area contributed by atoms with Gasteiger partial charge in [0.1, 0.15) is 0 Å². The molecule has 1 N–H and O–H groups in total. The molecule has 0 aliphatic carbocycles. The largest absolute Gasteiger partial charge is 0.478 e. The van der Waals surface area contributed by atoms with Gasteiger partial charge in [-0.15, -0.1) is 0 Å². The lowest BCUT2D eigenvalue weighted by Crippen LogP contribution is -1.99. The molecule has 0 atom stereocenters. The minimum atomic E-state index is -1.06. The highest BCUT2D eigenvalue weighted by molar-refractivity contribution is 7.99. The van der Waals surface area contributed by atoms with Crippen LogP contribution in [0, 0.1) is 0 Å². The van der Waals surface area contributed by atoms with Crippen LogP contribution in [-0.2, 0) is 0 Å². The van der Waals surface area contributed by atoms with Crippen LogP contribution >= 0.6 is 46.6 Å². The Balaban J connectivity index is 2.40. The monoisotopic (exact) mass is 332 g/mol. The Bertz CT molecular complexity index is 644. The molecule has 0 aliphatic rings. The van der Waals surface area contributed by atoms with Crippen LogP contribution in [0.4, 0.5) is 0 Å². The average Bonchev–Trinajstić information content (AvgIpc) is 2.33. The maximum atomic E-state index is 11.2. The molecule has 19 heavy (non-hydrogen) atoms. The van der Waals surface area contributed by atoms with Crippen molar-refractivity contribution in [1.82, 2.24) is 0 Å². The van der Waals surface area contributed by atoms with Crippen LogP contribution in [0.2, 0.25) is 15.1 Å². The normalized spacial score (nSPS) is 10.5. The van der Waals surface area contributed by atoms with Gasteiger partial charge in [0.25, 0.3) is 0 Å². The lowest BCUT2D eigenvalue weighted by Gasteiger charge is -2.08. The lowest BCUT2D eigenvalue weighted by atomic mass is 10.2. The summed E-state index contributed by atoms with van der Waals surface area (Å²) in [6, 6.07) is 10.1. The Morgan fingerprint density at radius 3 is 2.37 bits per heavy atom. The molecule has 98 valence electrons. The Hall–Kier alpha value is -0.870. The third-order valence-corrected chi connectivity index (χ3v) is 4.41. The molecule has 2 rings (SSSR count). The summed E-state index contributed by atoms with van der Waals surface area (Å²) in [5.41, 5.74) is 0.0836. The fraction of sp³-hybridized carbons (Fsp3) is 0. The van der Waals surface area contributed by atoms with Crippen LogP contribution in [0.5, 0.6) is 0 Å². The molecule has 2 aromatic rings. The molecule has 0 saturated heterocycles. The molecule has 2 aromatic carbocycles. The van der Waals surface area contributed by atoms with Gasteiger partial charge in [-0.05, 0) is 30.3 Å². The molecule has 0 aliphatic heterocycles. The number of benzene rings is 2. The minimum Gasteiger partial charge on any atom is -0.478 e. The second-order valence-corrected chi connectivity index (χ2v) is 5.93. The van der Waals surface area contributed by atoms with Gasteiger partial charge in [-0.2, -0.15) is 0 Å². The quantitative estimate of drug-likeness (QED) is 0.806. The van der Waals surface area contributed by atoms with Crippen molar-refractivity contribution in [3.8, 4) is 0 Å². The average molecular weight is 334 g/mol. The van der Waals surface area contributed by atoms with E-state index in [0.29, 0.717) is 14.9 Å². The Labute approximate surface area is 129 Å². The van der Waals surface area contributed by atoms with E-state index < -0.39 is 5.97 Å². The summed E-state index contributed by atoms with van der Waals surface area (Å²) in [6.07, 6.45) is 0. The molecule has 0 radical (unpaired) electrons. The standard InChI is InChI=1S/C13H7Cl3O2S/c14-8-5-4-7(6-10(8)16)19-11-3-1-2-9(15)12(11)13(17)18/h1-6H,(H,17,18). The van der Waals surface area contributed by atoms with Crippen molar-refractivity contribution in [2.75, 3.05) is 0 Å². The summed E-state index contributed by atoms with van der Waals surface area (Å²) in [5.74, 6) is -1.06. The van der Waals surface area contributed by atoms with Gasteiger partial charge >= 0.3 is 5.97 Å². The highest BCUT2D eigenvalue weighted by Gasteiger charge is 2.15. The maximum absolute atomic E-state index is 11.2. The van der Waals surface area contributed by atoms with E-state index in [0.717, 1.165) is 4.90 Å². The van der Waals surface area contributed by atoms with Crippen LogP contribution in [0.1, 0.15) is 10.4 Å². The lowest BCUT2D eigenvalue weighted by molar-refractivity contribution is 0.0693. The van der Waals surface area contributed by atoms with E-state index in [1.54, 1.807) is 36.4 Å². The predicted molar refractivity (Wildman–Crippen MR) is 79.0 cm³/mol. The highest BCUT2D eigenvalue weighted by atomic mass is 35.5. The first-order chi connectivity index (χ1) is 8.99. The molecule has 0 spiro atoms. The van der Waals surface area contributed by atoms with Crippen LogP contribution < -0.4 is 0 Å². The molecular weight excluding hydrogens is 327 g/mol. The van der Waals surface area contributed by atoms with Crippen molar-refractivity contribution in [3.05, 3.63) is 57.0 Å². The van der Waals surface area contributed by atoms with Gasteiger partial charge < -0.3 is 5.11 Å². The summed E-state index contributed by atoms with van der Waals surface area (Å²) in [4.78, 5) is 12.6. The molecule has 0 fully saturated rings. The fourth-order valence-electron chi connectivity index (χ4n) is 1.46. The summed E-state index contributed by atoms with van der Waals surface area (Å²) in [7, 11) is 0. The number of halogens is 3. The number of carbonyl (C=O) groups is 1. The van der Waals surface area contributed by atoms with Crippen molar-refractivity contribution in [2.45, 2.75) is 9.79 Å². The van der Waals surface area contributed by atoms with Crippen molar-refractivity contribution in [3.63, 3.8) is 0 Å². The number of carboxylic acid groups (broad SMARTS) is 1. The van der Waals surface area contributed by atoms with Gasteiger partial charge in [-0.1, -0.05) is 52.6 Å². The number of rotatable bonds is 3. The van der Waals surface area contributed by atoms with E-state index in [1.165, 1.54) is 11.8 Å². The molecule has 0 heterocycles. The first-order valence-electron chi connectivity index (χ1n) is 5.13. The first-order valence-corrected chi connectivity index (χ1v) is 7.09. The summed E-state index contributed by atoms with van der Waals surface area (Å²) in [6.45, 7) is 0. The van der Waals surface area contributed by atoms with Crippen LogP contribution in [-0.4, -0.2) is 11.1 Å². The third kappa shape index (κ3) is 3.37. The summed E-state index contributed by atoms with van der Waals surface area (Å²) >= 11 is 18.9. The zero-order valence-electron chi connectivity index (χ0n) is 9.36. The second-order valence-electron chi connectivity index (χ2n) is 3.60. The number of hydrogen-bond donors (Lipinski definition) is 1. The maximum Gasteiger partial charge on any atom is 0.338 e. The fourth-order valence-corrected chi connectivity index (χ4v) is 3.15. The molecule has 2 nitrogen and oxygen atoms in total. The number of hydrogen-bond acceptors (Lipinski definition) is 2. The Morgan fingerprint density at radius 1 is 1.00 bits per heavy atom. The van der Waals surface area contributed by atoms with Gasteiger partial charge in [-0.3, -0.25) is 0 Å². The number of aromatic carboxylic acids is 1. The van der Waals surface area contributed by atoms with Crippen molar-refractivity contribution in [2.24, 2.45) is 0 Å². The predicted octanol–water partition coefficient (Wildman–Crippen LogP) is 5.50. The van der Waals surface area contributed by atoms with E-state index in [1.807, 2.05) is 0 Å². The smallest absolute Gasteiger partial charge is 0.338 e. The zero-order chi connectivity index (χ0) is 14.0. The summed E-state index contributed by atoms with van der Waals surface area (Å²) < 4.78 is 0. The Morgan fingerprint density at radius 2 is 1.74 bits per heavy atom. The van der Waals surface area contributed by atoms with Crippen molar-refractivity contribution in [1.29, 1.82) is 0 Å². The molecule has 6 heteroatoms. The highest BCUT2D eigenvalue weighted by Crippen LogP contribution is 2.36. The third-order valence-electron chi connectivity index (χ3n) is 2.31. The molecule has 0 amide bonds. The molecule has 0 bridgehead atoms. The van der Waals surface area contributed by atoms with E-state index in [9.17, 15) is 9.90 Å². The SMILES string of the molecule is O=C(O)c1c(Cl)cccc1Sc1ccc(Cl)c(Cl)c1. The van der Waals surface area contributed by atoms with Gasteiger partial charge in [-0.25, -0.2) is 4.79 Å². The van der Waals surface area contributed by atoms with Crippen LogP contribution in [0.25, 0.3) is 0 Å². The van der Waals surface area contributed by atoms with Gasteiger partial charge in [0.15, 0.2) is 0 Å². The van der Waals surface area contributed by atoms with E-state index in [-0.39, 0.29) is 10.6 Å².